The lowest BCUT2D eigenvalue weighted by Gasteiger charge is -2.51. The van der Waals surface area contributed by atoms with Gasteiger partial charge in [0.05, 0.1) is 6.10 Å². The molecule has 0 aromatic rings. The Morgan fingerprint density at radius 3 is 2.60 bits per heavy atom. The van der Waals surface area contributed by atoms with E-state index in [-0.39, 0.29) is 5.41 Å². The molecule has 4 nitrogen and oxygen atoms in total. The third-order valence-electron chi connectivity index (χ3n) is 3.32. The number of hydrogen-bond donors (Lipinski definition) is 2. The van der Waals surface area contributed by atoms with Gasteiger partial charge in [-0.15, -0.1) is 0 Å². The Morgan fingerprint density at radius 1 is 1.53 bits per heavy atom. The van der Waals surface area contributed by atoms with Crippen LogP contribution >= 0.6 is 0 Å². The second-order valence-electron chi connectivity index (χ2n) is 4.52. The molecule has 15 heavy (non-hydrogen) atoms. The summed E-state index contributed by atoms with van der Waals surface area (Å²) in [5, 5.41) is 6.42. The number of nitrogens with zero attached hydrogens (tertiary/aromatic N) is 1. The van der Waals surface area contributed by atoms with Crippen LogP contribution in [0, 0.1) is 5.41 Å². The van der Waals surface area contributed by atoms with Gasteiger partial charge in [-0.25, -0.2) is 0 Å². The molecule has 1 aliphatic carbocycles. The predicted octanol–water partition coefficient (Wildman–Crippen LogP) is 0.985. The minimum absolute atomic E-state index is 0.183. The summed E-state index contributed by atoms with van der Waals surface area (Å²) < 4.78 is 5.67. The molecule has 1 saturated carbocycles. The molecule has 0 bridgehead atoms. The standard InChI is InChI=1S/C11H23N3O/c1-6-15-9-7-8(11(9,2)3)14-10(12-4)13-5/h8-9H,6-7H2,1-5H3,(H2,12,13,14)/t8-,9-/m1/s1. The average molecular weight is 213 g/mol. The van der Waals surface area contributed by atoms with E-state index in [1.165, 1.54) is 0 Å². The summed E-state index contributed by atoms with van der Waals surface area (Å²) >= 11 is 0. The van der Waals surface area contributed by atoms with E-state index < -0.39 is 0 Å². The minimum atomic E-state index is 0.183. The van der Waals surface area contributed by atoms with Crippen molar-refractivity contribution in [2.24, 2.45) is 10.4 Å². The largest absolute Gasteiger partial charge is 0.378 e. The number of aliphatic imine (C=N–C) groups is 1. The zero-order chi connectivity index (χ0) is 11.5. The summed E-state index contributed by atoms with van der Waals surface area (Å²) in [4.78, 5) is 4.12. The molecule has 88 valence electrons. The number of nitrogens with one attached hydrogen (secondary N) is 2. The number of hydrogen-bond acceptors (Lipinski definition) is 2. The lowest BCUT2D eigenvalue weighted by Crippen LogP contribution is -2.63. The van der Waals surface area contributed by atoms with Gasteiger partial charge in [0, 0.05) is 32.2 Å². The first-order valence-corrected chi connectivity index (χ1v) is 5.58. The van der Waals surface area contributed by atoms with Crippen LogP contribution in [0.3, 0.4) is 0 Å². The van der Waals surface area contributed by atoms with Crippen molar-refractivity contribution < 1.29 is 4.74 Å². The Bertz CT molecular complexity index is 238. The molecular formula is C11H23N3O. The molecule has 0 saturated heterocycles. The van der Waals surface area contributed by atoms with Crippen molar-refractivity contribution in [3.8, 4) is 0 Å². The highest BCUT2D eigenvalue weighted by atomic mass is 16.5. The van der Waals surface area contributed by atoms with E-state index >= 15 is 0 Å². The molecule has 2 atom stereocenters. The summed E-state index contributed by atoms with van der Waals surface area (Å²) in [5.74, 6) is 0.850. The second-order valence-corrected chi connectivity index (χ2v) is 4.52. The number of rotatable bonds is 3. The highest BCUT2D eigenvalue weighted by Gasteiger charge is 2.49. The Labute approximate surface area is 92.5 Å². The van der Waals surface area contributed by atoms with Gasteiger partial charge < -0.3 is 15.4 Å². The fourth-order valence-electron chi connectivity index (χ4n) is 2.03. The Kier molecular flexibility index (Phi) is 3.97. The maximum atomic E-state index is 5.67. The zero-order valence-corrected chi connectivity index (χ0v) is 10.4. The van der Waals surface area contributed by atoms with Crippen LogP contribution in [0.5, 0.6) is 0 Å². The van der Waals surface area contributed by atoms with E-state index in [2.05, 4.69) is 29.5 Å². The van der Waals surface area contributed by atoms with E-state index in [0.717, 1.165) is 19.0 Å². The molecule has 0 spiro atoms. The van der Waals surface area contributed by atoms with Gasteiger partial charge in [-0.1, -0.05) is 13.8 Å². The molecule has 0 amide bonds. The van der Waals surface area contributed by atoms with Crippen molar-refractivity contribution in [3.63, 3.8) is 0 Å². The molecule has 0 heterocycles. The van der Waals surface area contributed by atoms with Gasteiger partial charge in [0.15, 0.2) is 5.96 Å². The van der Waals surface area contributed by atoms with Crippen LogP contribution in [0.1, 0.15) is 27.2 Å². The van der Waals surface area contributed by atoms with E-state index in [4.69, 9.17) is 4.74 Å². The molecule has 1 rings (SSSR count). The van der Waals surface area contributed by atoms with E-state index in [9.17, 15) is 0 Å². The van der Waals surface area contributed by atoms with Crippen LogP contribution in [-0.4, -0.2) is 38.8 Å². The normalized spacial score (nSPS) is 29.5. The summed E-state index contributed by atoms with van der Waals surface area (Å²) in [6.45, 7) is 7.31. The van der Waals surface area contributed by atoms with E-state index in [1.807, 2.05) is 14.0 Å². The molecular weight excluding hydrogens is 190 g/mol. The highest BCUT2D eigenvalue weighted by Crippen LogP contribution is 2.42. The van der Waals surface area contributed by atoms with Crippen LogP contribution in [0.25, 0.3) is 0 Å². The zero-order valence-electron chi connectivity index (χ0n) is 10.4. The molecule has 4 heteroatoms. The number of guanidine groups is 1. The molecule has 0 aromatic carbocycles. The first-order valence-electron chi connectivity index (χ1n) is 5.58. The molecule has 0 aromatic heterocycles. The van der Waals surface area contributed by atoms with Crippen molar-refractivity contribution in [2.75, 3.05) is 20.7 Å². The van der Waals surface area contributed by atoms with E-state index in [0.29, 0.717) is 12.1 Å². The van der Waals surface area contributed by atoms with Crippen molar-refractivity contribution in [1.82, 2.24) is 10.6 Å². The smallest absolute Gasteiger partial charge is 0.190 e. The summed E-state index contributed by atoms with van der Waals surface area (Å²) in [5.41, 5.74) is 0.183. The second kappa shape index (κ2) is 4.84. The van der Waals surface area contributed by atoms with Crippen LogP contribution in [0.15, 0.2) is 4.99 Å². The summed E-state index contributed by atoms with van der Waals surface area (Å²) in [6, 6.07) is 0.445. The Hall–Kier alpha value is -0.770. The van der Waals surface area contributed by atoms with Crippen molar-refractivity contribution in [3.05, 3.63) is 0 Å². The van der Waals surface area contributed by atoms with Gasteiger partial charge in [0.25, 0.3) is 0 Å². The Morgan fingerprint density at radius 2 is 2.20 bits per heavy atom. The lowest BCUT2D eigenvalue weighted by molar-refractivity contribution is -0.109. The first kappa shape index (κ1) is 12.3. The van der Waals surface area contributed by atoms with Crippen molar-refractivity contribution >= 4 is 5.96 Å². The third-order valence-corrected chi connectivity index (χ3v) is 3.32. The topological polar surface area (TPSA) is 45.6 Å². The lowest BCUT2D eigenvalue weighted by atomic mass is 9.64. The number of ether oxygens (including phenoxy) is 1. The quantitative estimate of drug-likeness (QED) is 0.543. The highest BCUT2D eigenvalue weighted by molar-refractivity contribution is 5.79. The minimum Gasteiger partial charge on any atom is -0.378 e. The molecule has 0 radical (unpaired) electrons. The SMILES string of the molecule is CCO[C@@H]1C[C@@H](NC(=NC)NC)C1(C)C. The first-order chi connectivity index (χ1) is 7.06. The van der Waals surface area contributed by atoms with Gasteiger partial charge in [0.2, 0.25) is 0 Å². The molecule has 1 aliphatic rings. The molecule has 0 aliphatic heterocycles. The maximum absolute atomic E-state index is 5.67. The third kappa shape index (κ3) is 2.43. The van der Waals surface area contributed by atoms with Gasteiger partial charge in [0.1, 0.15) is 0 Å². The van der Waals surface area contributed by atoms with Gasteiger partial charge >= 0.3 is 0 Å². The van der Waals surface area contributed by atoms with Crippen molar-refractivity contribution in [1.29, 1.82) is 0 Å². The average Bonchev–Trinajstić information content (AvgIpc) is 2.22. The summed E-state index contributed by atoms with van der Waals surface area (Å²) in [7, 11) is 3.66. The van der Waals surface area contributed by atoms with Gasteiger partial charge in [-0.3, -0.25) is 4.99 Å². The van der Waals surface area contributed by atoms with Gasteiger partial charge in [-0.2, -0.15) is 0 Å². The van der Waals surface area contributed by atoms with Crippen molar-refractivity contribution in [2.45, 2.75) is 39.3 Å². The fraction of sp³-hybridized carbons (Fsp3) is 0.909. The Balaban J connectivity index is 2.48. The fourth-order valence-corrected chi connectivity index (χ4v) is 2.03. The summed E-state index contributed by atoms with van der Waals surface area (Å²) in [6.07, 6.45) is 1.43. The van der Waals surface area contributed by atoms with Crippen LogP contribution in [-0.2, 0) is 4.74 Å². The van der Waals surface area contributed by atoms with E-state index in [1.54, 1.807) is 7.05 Å². The van der Waals surface area contributed by atoms with Crippen LogP contribution < -0.4 is 10.6 Å². The van der Waals surface area contributed by atoms with Crippen LogP contribution in [0.4, 0.5) is 0 Å². The van der Waals surface area contributed by atoms with Crippen LogP contribution in [0.2, 0.25) is 0 Å². The monoisotopic (exact) mass is 213 g/mol. The van der Waals surface area contributed by atoms with Gasteiger partial charge in [-0.05, 0) is 13.3 Å². The molecule has 0 unspecified atom stereocenters. The maximum Gasteiger partial charge on any atom is 0.190 e. The predicted molar refractivity (Wildman–Crippen MR) is 63.2 cm³/mol. The molecule has 2 N–H and O–H groups in total. The molecule has 1 fully saturated rings.